The molecule has 4 N–H and O–H groups in total. The van der Waals surface area contributed by atoms with Gasteiger partial charge in [0.15, 0.2) is 0 Å². The van der Waals surface area contributed by atoms with Gasteiger partial charge in [0.1, 0.15) is 0 Å². The van der Waals surface area contributed by atoms with Crippen LogP contribution in [0.25, 0.3) is 0 Å². The van der Waals surface area contributed by atoms with Crippen molar-refractivity contribution in [2.24, 2.45) is 5.73 Å². The molecule has 0 radical (unpaired) electrons. The van der Waals surface area contributed by atoms with Gasteiger partial charge in [0.25, 0.3) is 0 Å². The third-order valence-electron chi connectivity index (χ3n) is 8.50. The Morgan fingerprint density at radius 2 is 0.568 bits per heavy atom. The third kappa shape index (κ3) is 28.7. The Morgan fingerprint density at radius 1 is 0.351 bits per heavy atom. The van der Waals surface area contributed by atoms with Crippen LogP contribution < -0.4 is 5.73 Å². The van der Waals surface area contributed by atoms with Gasteiger partial charge in [0.2, 0.25) is 0 Å². The summed E-state index contributed by atoms with van der Waals surface area (Å²) in [4.78, 5) is 0. The van der Waals surface area contributed by atoms with Crippen LogP contribution in [0.5, 0.6) is 0 Å². The SMILES string of the molecule is CCCCCCCCCCCCCCCCCCCCCCCCCCCCCC(N)(CCO)CCO. The standard InChI is InChI=1S/C34H71NO2/c1-2-3-4-5-6-7-8-9-10-11-12-13-14-15-16-17-18-19-20-21-22-23-24-25-26-27-28-29-34(35,30-32-36)31-33-37/h36-37H,2-33,35H2,1H3. The molecule has 0 spiro atoms. The van der Waals surface area contributed by atoms with Crippen molar-refractivity contribution in [1.29, 1.82) is 0 Å². The number of unbranched alkanes of at least 4 members (excludes halogenated alkanes) is 26. The van der Waals surface area contributed by atoms with E-state index in [1.54, 1.807) is 0 Å². The quantitative estimate of drug-likeness (QED) is 0.0765. The average Bonchev–Trinajstić information content (AvgIpc) is 2.88. The molecule has 3 nitrogen and oxygen atoms in total. The summed E-state index contributed by atoms with van der Waals surface area (Å²) in [7, 11) is 0. The van der Waals surface area contributed by atoms with Crippen molar-refractivity contribution in [2.75, 3.05) is 13.2 Å². The van der Waals surface area contributed by atoms with Gasteiger partial charge in [-0.1, -0.05) is 180 Å². The van der Waals surface area contributed by atoms with E-state index >= 15 is 0 Å². The number of aliphatic hydroxyl groups is 2. The maximum absolute atomic E-state index is 9.17. The molecule has 0 saturated carbocycles. The van der Waals surface area contributed by atoms with E-state index in [9.17, 15) is 0 Å². The number of nitrogens with two attached hydrogens (primary N) is 1. The van der Waals surface area contributed by atoms with E-state index in [1.807, 2.05) is 0 Å². The molecule has 0 aliphatic rings. The topological polar surface area (TPSA) is 66.5 Å². The van der Waals surface area contributed by atoms with Crippen LogP contribution in [0, 0.1) is 0 Å². The van der Waals surface area contributed by atoms with Gasteiger partial charge in [-0.15, -0.1) is 0 Å². The molecule has 0 atom stereocenters. The first-order chi connectivity index (χ1) is 18.2. The van der Waals surface area contributed by atoms with Crippen LogP contribution in [0.2, 0.25) is 0 Å². The van der Waals surface area contributed by atoms with E-state index in [2.05, 4.69) is 6.92 Å². The van der Waals surface area contributed by atoms with Crippen molar-refractivity contribution in [3.05, 3.63) is 0 Å². The molecule has 0 heterocycles. The summed E-state index contributed by atoms with van der Waals surface area (Å²) in [5, 5.41) is 18.3. The second-order valence-corrected chi connectivity index (χ2v) is 12.3. The first kappa shape index (κ1) is 36.9. The summed E-state index contributed by atoms with van der Waals surface area (Å²) in [6, 6.07) is 0. The molecule has 0 aromatic rings. The largest absolute Gasteiger partial charge is 0.396 e. The summed E-state index contributed by atoms with van der Waals surface area (Å²) in [5.41, 5.74) is 5.94. The minimum atomic E-state index is -0.365. The van der Waals surface area contributed by atoms with E-state index < -0.39 is 0 Å². The fourth-order valence-electron chi connectivity index (χ4n) is 5.79. The zero-order valence-electron chi connectivity index (χ0n) is 25.6. The highest BCUT2D eigenvalue weighted by molar-refractivity contribution is 4.83. The van der Waals surface area contributed by atoms with Crippen molar-refractivity contribution in [2.45, 2.75) is 205 Å². The van der Waals surface area contributed by atoms with Crippen LogP contribution >= 0.6 is 0 Å². The molecular weight excluding hydrogens is 454 g/mol. The van der Waals surface area contributed by atoms with E-state index in [1.165, 1.54) is 167 Å². The van der Waals surface area contributed by atoms with Crippen LogP contribution in [-0.4, -0.2) is 29.0 Å². The van der Waals surface area contributed by atoms with Gasteiger partial charge in [-0.3, -0.25) is 0 Å². The highest BCUT2D eigenvalue weighted by atomic mass is 16.3. The minimum absolute atomic E-state index is 0.121. The Morgan fingerprint density at radius 3 is 0.784 bits per heavy atom. The smallest absolute Gasteiger partial charge is 0.0448 e. The Hall–Kier alpha value is -0.120. The second kappa shape index (κ2) is 30.4. The molecular formula is C34H71NO2. The van der Waals surface area contributed by atoms with Crippen molar-refractivity contribution >= 4 is 0 Å². The van der Waals surface area contributed by atoms with Gasteiger partial charge in [-0.2, -0.15) is 0 Å². The zero-order valence-corrected chi connectivity index (χ0v) is 25.6. The molecule has 0 aromatic heterocycles. The second-order valence-electron chi connectivity index (χ2n) is 12.3. The lowest BCUT2D eigenvalue weighted by Crippen LogP contribution is -2.41. The van der Waals surface area contributed by atoms with Crippen LogP contribution in [0.4, 0.5) is 0 Å². The maximum Gasteiger partial charge on any atom is 0.0448 e. The molecule has 0 fully saturated rings. The predicted octanol–water partition coefficient (Wildman–Crippen LogP) is 10.4. The minimum Gasteiger partial charge on any atom is -0.396 e. The number of rotatable bonds is 32. The van der Waals surface area contributed by atoms with Crippen molar-refractivity contribution in [3.8, 4) is 0 Å². The highest BCUT2D eigenvalue weighted by Gasteiger charge is 2.22. The molecule has 3 heteroatoms. The summed E-state index contributed by atoms with van der Waals surface area (Å²) >= 11 is 0. The molecule has 0 rings (SSSR count). The van der Waals surface area contributed by atoms with Crippen LogP contribution in [-0.2, 0) is 0 Å². The first-order valence-corrected chi connectivity index (χ1v) is 17.2. The monoisotopic (exact) mass is 526 g/mol. The Balaban J connectivity index is 3.16. The van der Waals surface area contributed by atoms with E-state index in [0.717, 1.165) is 12.8 Å². The average molecular weight is 526 g/mol. The molecule has 0 unspecified atom stereocenters. The van der Waals surface area contributed by atoms with Gasteiger partial charge < -0.3 is 15.9 Å². The third-order valence-corrected chi connectivity index (χ3v) is 8.50. The molecule has 0 amide bonds. The Kier molecular flexibility index (Phi) is 30.3. The van der Waals surface area contributed by atoms with Crippen molar-refractivity contribution < 1.29 is 10.2 Å². The van der Waals surface area contributed by atoms with Crippen LogP contribution in [0.15, 0.2) is 0 Å². The van der Waals surface area contributed by atoms with Gasteiger partial charge in [-0.25, -0.2) is 0 Å². The van der Waals surface area contributed by atoms with Gasteiger partial charge in [0.05, 0.1) is 0 Å². The Labute approximate surface area is 234 Å². The van der Waals surface area contributed by atoms with Crippen LogP contribution in [0.1, 0.15) is 200 Å². The fraction of sp³-hybridized carbons (Fsp3) is 1.00. The normalized spacial score (nSPS) is 12.0. The highest BCUT2D eigenvalue weighted by Crippen LogP contribution is 2.21. The van der Waals surface area contributed by atoms with Crippen LogP contribution in [0.3, 0.4) is 0 Å². The maximum atomic E-state index is 9.17. The molecule has 0 aliphatic heterocycles. The van der Waals surface area contributed by atoms with Gasteiger partial charge >= 0.3 is 0 Å². The lowest BCUT2D eigenvalue weighted by atomic mass is 9.87. The molecule has 0 aliphatic carbocycles. The van der Waals surface area contributed by atoms with Gasteiger partial charge in [-0.05, 0) is 19.3 Å². The lowest BCUT2D eigenvalue weighted by molar-refractivity contribution is 0.183. The van der Waals surface area contributed by atoms with Gasteiger partial charge in [0, 0.05) is 18.8 Å². The molecule has 0 bridgehead atoms. The fourth-order valence-corrected chi connectivity index (χ4v) is 5.79. The molecule has 0 saturated heterocycles. The summed E-state index contributed by atoms with van der Waals surface area (Å²) in [6.07, 6.45) is 40.4. The number of aliphatic hydroxyl groups excluding tert-OH is 2. The number of hydrogen-bond acceptors (Lipinski definition) is 3. The Bertz CT molecular complexity index is 409. The zero-order chi connectivity index (χ0) is 27.1. The molecule has 37 heavy (non-hydrogen) atoms. The summed E-state index contributed by atoms with van der Waals surface area (Å²) in [6.45, 7) is 2.54. The lowest BCUT2D eigenvalue weighted by Gasteiger charge is -2.28. The van der Waals surface area contributed by atoms with Crippen molar-refractivity contribution in [3.63, 3.8) is 0 Å². The predicted molar refractivity (Wildman–Crippen MR) is 165 cm³/mol. The molecule has 0 aromatic carbocycles. The van der Waals surface area contributed by atoms with E-state index in [0.29, 0.717) is 12.8 Å². The van der Waals surface area contributed by atoms with Crippen molar-refractivity contribution in [1.82, 2.24) is 0 Å². The van der Waals surface area contributed by atoms with E-state index in [4.69, 9.17) is 15.9 Å². The summed E-state index contributed by atoms with van der Waals surface area (Å²) < 4.78 is 0. The molecule has 224 valence electrons. The first-order valence-electron chi connectivity index (χ1n) is 17.2. The summed E-state index contributed by atoms with van der Waals surface area (Å²) in [5.74, 6) is 0. The van der Waals surface area contributed by atoms with E-state index in [-0.39, 0.29) is 18.8 Å². The number of hydrogen-bond donors (Lipinski definition) is 3.